The van der Waals surface area contributed by atoms with Crippen molar-refractivity contribution in [1.29, 1.82) is 5.26 Å². The Hall–Kier alpha value is -0.790. The van der Waals surface area contributed by atoms with Crippen molar-refractivity contribution in [3.05, 3.63) is 22.6 Å². The van der Waals surface area contributed by atoms with Crippen LogP contribution in [0.25, 0.3) is 0 Å². The van der Waals surface area contributed by atoms with Gasteiger partial charge in [0.2, 0.25) is 0 Å². The molecule has 1 aromatic rings. The Kier molecular flexibility index (Phi) is 2.10. The lowest BCUT2D eigenvalue weighted by Gasteiger charge is -1.95. The van der Waals surface area contributed by atoms with Crippen LogP contribution in [0, 0.1) is 11.3 Å². The first kappa shape index (κ1) is 7.32. The van der Waals surface area contributed by atoms with Gasteiger partial charge in [0.15, 0.2) is 0 Å². The van der Waals surface area contributed by atoms with Crippen LogP contribution >= 0.6 is 15.9 Å². The largest absolute Gasteiger partial charge is 0.471 e. The fourth-order valence-electron chi connectivity index (χ4n) is 0.583. The molecule has 0 bridgehead atoms. The molecule has 1 unspecified atom stereocenters. The number of halogens is 1. The molecule has 0 saturated carbocycles. The molecular formula is C6H5BrN2O. The lowest BCUT2D eigenvalue weighted by Crippen LogP contribution is -2.05. The zero-order valence-electron chi connectivity index (χ0n) is 5.04. The minimum Gasteiger partial charge on any atom is -0.471 e. The second-order valence-corrected chi connectivity index (χ2v) is 2.64. The van der Waals surface area contributed by atoms with E-state index in [9.17, 15) is 0 Å². The Bertz CT molecular complexity index is 263. The summed E-state index contributed by atoms with van der Waals surface area (Å²) in [6, 6.07) is 1.29. The minimum atomic E-state index is -0.604. The van der Waals surface area contributed by atoms with E-state index in [1.165, 1.54) is 12.5 Å². The van der Waals surface area contributed by atoms with E-state index in [0.29, 0.717) is 5.56 Å². The van der Waals surface area contributed by atoms with Crippen LogP contribution in [0.1, 0.15) is 11.6 Å². The summed E-state index contributed by atoms with van der Waals surface area (Å²) in [6.45, 7) is 0. The van der Waals surface area contributed by atoms with Crippen LogP contribution in [0.3, 0.4) is 0 Å². The topological polar surface area (TPSA) is 63.0 Å². The molecule has 0 radical (unpaired) electrons. The molecule has 0 fully saturated rings. The minimum absolute atomic E-state index is 0.604. The summed E-state index contributed by atoms with van der Waals surface area (Å²) in [4.78, 5) is 0. The zero-order chi connectivity index (χ0) is 7.56. The third kappa shape index (κ3) is 1.20. The van der Waals surface area contributed by atoms with Crippen LogP contribution in [0.15, 0.2) is 21.4 Å². The third-order valence-corrected chi connectivity index (χ3v) is 1.76. The van der Waals surface area contributed by atoms with Crippen molar-refractivity contribution in [2.75, 3.05) is 0 Å². The summed E-state index contributed by atoms with van der Waals surface area (Å²) < 4.78 is 5.53. The molecule has 0 aliphatic heterocycles. The van der Waals surface area contributed by atoms with Gasteiger partial charge in [0, 0.05) is 5.56 Å². The summed E-state index contributed by atoms with van der Waals surface area (Å²) in [5, 5.41) is 8.39. The van der Waals surface area contributed by atoms with Crippen molar-refractivity contribution in [2.24, 2.45) is 5.73 Å². The van der Waals surface area contributed by atoms with Gasteiger partial charge >= 0.3 is 0 Å². The second-order valence-electron chi connectivity index (χ2n) is 1.78. The van der Waals surface area contributed by atoms with Crippen molar-refractivity contribution in [3.63, 3.8) is 0 Å². The van der Waals surface area contributed by atoms with E-state index in [1.54, 1.807) is 0 Å². The van der Waals surface area contributed by atoms with Gasteiger partial charge in [-0.25, -0.2) is 0 Å². The predicted molar refractivity (Wildman–Crippen MR) is 38.9 cm³/mol. The maximum absolute atomic E-state index is 8.39. The summed E-state index contributed by atoms with van der Waals surface area (Å²) >= 11 is 3.18. The molecule has 52 valence electrons. The molecule has 10 heavy (non-hydrogen) atoms. The number of furan rings is 1. The van der Waals surface area contributed by atoms with Gasteiger partial charge in [0.25, 0.3) is 0 Å². The normalized spacial score (nSPS) is 12.5. The SMILES string of the molecule is N#CC(N)c1cocc1Br. The Morgan fingerprint density at radius 3 is 2.80 bits per heavy atom. The summed E-state index contributed by atoms with van der Waals surface area (Å²) in [7, 11) is 0. The highest BCUT2D eigenvalue weighted by atomic mass is 79.9. The Morgan fingerprint density at radius 1 is 1.70 bits per heavy atom. The molecule has 4 heteroatoms. The molecule has 2 N–H and O–H groups in total. The molecule has 0 aromatic carbocycles. The molecule has 0 amide bonds. The first-order chi connectivity index (χ1) is 4.75. The Labute approximate surface area is 66.6 Å². The summed E-state index contributed by atoms with van der Waals surface area (Å²) in [5.41, 5.74) is 6.07. The van der Waals surface area contributed by atoms with Crippen molar-refractivity contribution in [2.45, 2.75) is 6.04 Å². The van der Waals surface area contributed by atoms with Gasteiger partial charge in [-0.2, -0.15) is 5.26 Å². The monoisotopic (exact) mass is 200 g/mol. The van der Waals surface area contributed by atoms with E-state index in [0.717, 1.165) is 4.47 Å². The summed E-state index contributed by atoms with van der Waals surface area (Å²) in [5.74, 6) is 0. The van der Waals surface area contributed by atoms with E-state index in [4.69, 9.17) is 15.4 Å². The van der Waals surface area contributed by atoms with Crippen LogP contribution in [0.5, 0.6) is 0 Å². The molecule has 1 atom stereocenters. The smallest absolute Gasteiger partial charge is 0.123 e. The first-order valence-corrected chi connectivity index (χ1v) is 3.42. The Morgan fingerprint density at radius 2 is 2.40 bits per heavy atom. The van der Waals surface area contributed by atoms with Gasteiger partial charge in [-0.1, -0.05) is 0 Å². The van der Waals surface area contributed by atoms with E-state index < -0.39 is 6.04 Å². The quantitative estimate of drug-likeness (QED) is 0.749. The molecule has 0 saturated heterocycles. The van der Waals surface area contributed by atoms with E-state index in [2.05, 4.69) is 15.9 Å². The number of nitrogens with two attached hydrogens (primary N) is 1. The predicted octanol–water partition coefficient (Wildman–Crippen LogP) is 1.57. The first-order valence-electron chi connectivity index (χ1n) is 2.62. The highest BCUT2D eigenvalue weighted by molar-refractivity contribution is 9.10. The number of rotatable bonds is 1. The molecule has 0 aliphatic rings. The zero-order valence-corrected chi connectivity index (χ0v) is 6.63. The molecular weight excluding hydrogens is 196 g/mol. The van der Waals surface area contributed by atoms with Crippen LogP contribution in [0.4, 0.5) is 0 Å². The van der Waals surface area contributed by atoms with Crippen LogP contribution < -0.4 is 5.73 Å². The van der Waals surface area contributed by atoms with Crippen molar-refractivity contribution < 1.29 is 4.42 Å². The maximum Gasteiger partial charge on any atom is 0.123 e. The van der Waals surface area contributed by atoms with E-state index in [1.807, 2.05) is 6.07 Å². The van der Waals surface area contributed by atoms with Crippen molar-refractivity contribution >= 4 is 15.9 Å². The molecule has 1 heterocycles. The van der Waals surface area contributed by atoms with E-state index >= 15 is 0 Å². The Balaban J connectivity index is 2.96. The van der Waals surface area contributed by atoms with Crippen molar-refractivity contribution in [1.82, 2.24) is 0 Å². The fourth-order valence-corrected chi connectivity index (χ4v) is 1.03. The molecule has 3 nitrogen and oxygen atoms in total. The van der Waals surface area contributed by atoms with Gasteiger partial charge in [0.1, 0.15) is 12.3 Å². The molecule has 0 aliphatic carbocycles. The van der Waals surface area contributed by atoms with Crippen LogP contribution in [-0.2, 0) is 0 Å². The average Bonchev–Trinajstić information content (AvgIpc) is 2.34. The molecule has 1 rings (SSSR count). The van der Waals surface area contributed by atoms with Gasteiger partial charge < -0.3 is 10.2 Å². The standard InChI is InChI=1S/C6H5BrN2O/c7-5-3-10-2-4(5)6(9)1-8/h2-3,6H,9H2. The van der Waals surface area contributed by atoms with Crippen molar-refractivity contribution in [3.8, 4) is 6.07 Å². The number of nitrogens with zero attached hydrogens (tertiary/aromatic N) is 1. The number of hydrogen-bond acceptors (Lipinski definition) is 3. The van der Waals surface area contributed by atoms with Gasteiger partial charge in [-0.15, -0.1) is 0 Å². The number of nitriles is 1. The average molecular weight is 201 g/mol. The molecule has 0 spiro atoms. The highest BCUT2D eigenvalue weighted by Gasteiger charge is 2.09. The van der Waals surface area contributed by atoms with Crippen LogP contribution in [0.2, 0.25) is 0 Å². The van der Waals surface area contributed by atoms with E-state index in [-0.39, 0.29) is 0 Å². The highest BCUT2D eigenvalue weighted by Crippen LogP contribution is 2.22. The van der Waals surface area contributed by atoms with Gasteiger partial charge in [-0.3, -0.25) is 0 Å². The lowest BCUT2D eigenvalue weighted by atomic mass is 10.2. The lowest BCUT2D eigenvalue weighted by molar-refractivity contribution is 0.562. The van der Waals surface area contributed by atoms with Gasteiger partial charge in [-0.05, 0) is 15.9 Å². The molecule has 1 aromatic heterocycles. The van der Waals surface area contributed by atoms with Gasteiger partial charge in [0.05, 0.1) is 16.8 Å². The maximum atomic E-state index is 8.39. The summed E-state index contributed by atoms with van der Waals surface area (Å²) in [6.07, 6.45) is 2.95. The number of hydrogen-bond donors (Lipinski definition) is 1. The second kappa shape index (κ2) is 2.86. The third-order valence-electron chi connectivity index (χ3n) is 1.12. The van der Waals surface area contributed by atoms with Crippen LogP contribution in [-0.4, -0.2) is 0 Å². The fraction of sp³-hybridized carbons (Fsp3) is 0.167.